The first kappa shape index (κ1) is 13.8. The average molecular weight is 282 g/mol. The average Bonchev–Trinajstić information content (AvgIpc) is 2.91. The maximum Gasteiger partial charge on any atom is 0.123 e. The van der Waals surface area contributed by atoms with Crippen LogP contribution in [-0.4, -0.2) is 11.1 Å². The molecule has 3 aromatic rings. The second-order valence-corrected chi connectivity index (χ2v) is 5.20. The van der Waals surface area contributed by atoms with E-state index in [1.807, 2.05) is 12.1 Å². The van der Waals surface area contributed by atoms with Gasteiger partial charge in [-0.2, -0.15) is 0 Å². The lowest BCUT2D eigenvalue weighted by Gasteiger charge is -2.08. The van der Waals surface area contributed by atoms with E-state index >= 15 is 0 Å². The molecule has 0 saturated carbocycles. The highest BCUT2D eigenvalue weighted by Gasteiger charge is 2.06. The molecule has 3 rings (SSSR count). The number of fused-ring (bicyclic) bond motifs is 1. The Balaban J connectivity index is 1.91. The molecular formula is C18H19FN2. The fourth-order valence-electron chi connectivity index (χ4n) is 2.63. The van der Waals surface area contributed by atoms with Gasteiger partial charge in [-0.3, -0.25) is 0 Å². The van der Waals surface area contributed by atoms with Crippen molar-refractivity contribution in [2.75, 3.05) is 6.54 Å². The van der Waals surface area contributed by atoms with Crippen LogP contribution in [0.15, 0.2) is 54.7 Å². The van der Waals surface area contributed by atoms with Gasteiger partial charge in [-0.1, -0.05) is 31.2 Å². The van der Waals surface area contributed by atoms with Gasteiger partial charge in [0.1, 0.15) is 5.82 Å². The normalized spacial score (nSPS) is 11.1. The van der Waals surface area contributed by atoms with Crippen LogP contribution in [0.4, 0.5) is 4.39 Å². The number of nitrogens with one attached hydrogen (secondary N) is 1. The maximum absolute atomic E-state index is 13.0. The van der Waals surface area contributed by atoms with Crippen LogP contribution in [0.2, 0.25) is 0 Å². The molecule has 1 aromatic heterocycles. The van der Waals surface area contributed by atoms with Crippen LogP contribution in [0.3, 0.4) is 0 Å². The van der Waals surface area contributed by atoms with E-state index in [0.717, 1.165) is 25.2 Å². The van der Waals surface area contributed by atoms with E-state index in [1.165, 1.54) is 28.6 Å². The summed E-state index contributed by atoms with van der Waals surface area (Å²) < 4.78 is 15.2. The molecule has 0 aliphatic rings. The van der Waals surface area contributed by atoms with Gasteiger partial charge in [0.25, 0.3) is 0 Å². The van der Waals surface area contributed by atoms with Crippen molar-refractivity contribution in [3.63, 3.8) is 0 Å². The minimum atomic E-state index is -0.191. The van der Waals surface area contributed by atoms with Crippen molar-refractivity contribution in [3.05, 3.63) is 71.7 Å². The van der Waals surface area contributed by atoms with Gasteiger partial charge >= 0.3 is 0 Å². The Labute approximate surface area is 124 Å². The molecule has 0 unspecified atom stereocenters. The Kier molecular flexibility index (Phi) is 4.02. The predicted molar refractivity (Wildman–Crippen MR) is 84.8 cm³/mol. The highest BCUT2D eigenvalue weighted by Crippen LogP contribution is 2.21. The van der Waals surface area contributed by atoms with E-state index in [-0.39, 0.29) is 5.82 Å². The van der Waals surface area contributed by atoms with E-state index in [1.54, 1.807) is 0 Å². The fraction of sp³-hybridized carbons (Fsp3) is 0.222. The van der Waals surface area contributed by atoms with Crippen molar-refractivity contribution in [2.45, 2.75) is 20.0 Å². The Bertz CT molecular complexity index is 729. The Morgan fingerprint density at radius 1 is 1.05 bits per heavy atom. The summed E-state index contributed by atoms with van der Waals surface area (Å²) in [5.41, 5.74) is 3.63. The third kappa shape index (κ3) is 2.98. The molecule has 108 valence electrons. The van der Waals surface area contributed by atoms with Gasteiger partial charge in [0.2, 0.25) is 0 Å². The van der Waals surface area contributed by atoms with Crippen LogP contribution < -0.4 is 5.32 Å². The third-order valence-electron chi connectivity index (χ3n) is 3.74. The number of nitrogens with zero attached hydrogens (tertiary/aromatic N) is 1. The highest BCUT2D eigenvalue weighted by molar-refractivity contribution is 5.83. The zero-order chi connectivity index (χ0) is 14.7. The lowest BCUT2D eigenvalue weighted by Crippen LogP contribution is -2.11. The summed E-state index contributed by atoms with van der Waals surface area (Å²) >= 11 is 0. The first-order chi connectivity index (χ1) is 10.3. The monoisotopic (exact) mass is 282 g/mol. The first-order valence-corrected chi connectivity index (χ1v) is 7.30. The highest BCUT2D eigenvalue weighted by atomic mass is 19.1. The largest absolute Gasteiger partial charge is 0.343 e. The van der Waals surface area contributed by atoms with Gasteiger partial charge in [0.15, 0.2) is 0 Å². The number of hydrogen-bond donors (Lipinski definition) is 1. The smallest absolute Gasteiger partial charge is 0.123 e. The second-order valence-electron chi connectivity index (χ2n) is 5.20. The van der Waals surface area contributed by atoms with Gasteiger partial charge in [0, 0.05) is 30.2 Å². The molecule has 2 nitrogen and oxygen atoms in total. The summed E-state index contributed by atoms with van der Waals surface area (Å²) in [5.74, 6) is -0.191. The van der Waals surface area contributed by atoms with Crippen LogP contribution in [0.25, 0.3) is 10.9 Å². The second kappa shape index (κ2) is 6.10. The Morgan fingerprint density at radius 3 is 2.62 bits per heavy atom. The molecule has 1 N–H and O–H groups in total. The number of hydrogen-bond acceptors (Lipinski definition) is 1. The van der Waals surface area contributed by atoms with Crippen molar-refractivity contribution in [3.8, 4) is 0 Å². The molecule has 0 bridgehead atoms. The van der Waals surface area contributed by atoms with Crippen LogP contribution in [0, 0.1) is 5.82 Å². The molecule has 0 fully saturated rings. The summed E-state index contributed by atoms with van der Waals surface area (Å²) in [4.78, 5) is 0. The third-order valence-corrected chi connectivity index (χ3v) is 3.74. The summed E-state index contributed by atoms with van der Waals surface area (Å²) in [5, 5.41) is 4.65. The molecule has 0 amide bonds. The molecule has 0 radical (unpaired) electrons. The Morgan fingerprint density at radius 2 is 1.86 bits per heavy atom. The van der Waals surface area contributed by atoms with Gasteiger partial charge in [-0.15, -0.1) is 0 Å². The van der Waals surface area contributed by atoms with E-state index in [0.29, 0.717) is 0 Å². The molecule has 0 saturated heterocycles. The molecule has 3 heteroatoms. The molecule has 0 atom stereocenters. The van der Waals surface area contributed by atoms with Crippen molar-refractivity contribution >= 4 is 10.9 Å². The van der Waals surface area contributed by atoms with Gasteiger partial charge in [-0.05, 0) is 41.9 Å². The SMILES string of the molecule is CCNCc1cccc2c1ccn2Cc1ccc(F)cc1. The predicted octanol–water partition coefficient (Wildman–Crippen LogP) is 3.94. The standard InChI is InChI=1S/C18H19FN2/c1-2-20-12-15-4-3-5-18-17(15)10-11-21(18)13-14-6-8-16(19)9-7-14/h3-11,20H,2,12-13H2,1H3. The summed E-state index contributed by atoms with van der Waals surface area (Å²) in [6.07, 6.45) is 2.10. The van der Waals surface area contributed by atoms with Crippen LogP contribution in [0.1, 0.15) is 18.1 Å². The number of halogens is 1. The number of aromatic nitrogens is 1. The van der Waals surface area contributed by atoms with E-state index in [4.69, 9.17) is 0 Å². The molecule has 0 spiro atoms. The minimum absolute atomic E-state index is 0.191. The molecular weight excluding hydrogens is 263 g/mol. The van der Waals surface area contributed by atoms with Crippen molar-refractivity contribution in [2.24, 2.45) is 0 Å². The molecule has 1 heterocycles. The lowest BCUT2D eigenvalue weighted by molar-refractivity contribution is 0.626. The summed E-state index contributed by atoms with van der Waals surface area (Å²) in [6, 6.07) is 15.2. The fourth-order valence-corrected chi connectivity index (χ4v) is 2.63. The molecule has 21 heavy (non-hydrogen) atoms. The van der Waals surface area contributed by atoms with Gasteiger partial charge in [-0.25, -0.2) is 4.39 Å². The lowest BCUT2D eigenvalue weighted by atomic mass is 10.1. The van der Waals surface area contributed by atoms with Crippen LogP contribution in [-0.2, 0) is 13.1 Å². The van der Waals surface area contributed by atoms with Crippen molar-refractivity contribution < 1.29 is 4.39 Å². The molecule has 0 aliphatic carbocycles. The van der Waals surface area contributed by atoms with Gasteiger partial charge < -0.3 is 9.88 Å². The van der Waals surface area contributed by atoms with E-state index in [2.05, 4.69) is 47.3 Å². The van der Waals surface area contributed by atoms with Crippen LogP contribution in [0.5, 0.6) is 0 Å². The minimum Gasteiger partial charge on any atom is -0.343 e. The Hall–Kier alpha value is -2.13. The number of rotatable bonds is 5. The topological polar surface area (TPSA) is 17.0 Å². The molecule has 0 aliphatic heterocycles. The number of benzene rings is 2. The van der Waals surface area contributed by atoms with E-state index in [9.17, 15) is 4.39 Å². The van der Waals surface area contributed by atoms with Crippen molar-refractivity contribution in [1.29, 1.82) is 0 Å². The van der Waals surface area contributed by atoms with E-state index < -0.39 is 0 Å². The molecule has 2 aromatic carbocycles. The van der Waals surface area contributed by atoms with Crippen molar-refractivity contribution in [1.82, 2.24) is 9.88 Å². The maximum atomic E-state index is 13.0. The van der Waals surface area contributed by atoms with Crippen LogP contribution >= 0.6 is 0 Å². The first-order valence-electron chi connectivity index (χ1n) is 7.30. The summed E-state index contributed by atoms with van der Waals surface area (Å²) in [7, 11) is 0. The quantitative estimate of drug-likeness (QED) is 0.750. The summed E-state index contributed by atoms with van der Waals surface area (Å²) in [6.45, 7) is 4.72. The zero-order valence-electron chi connectivity index (χ0n) is 12.1. The zero-order valence-corrected chi connectivity index (χ0v) is 12.1. The van der Waals surface area contributed by atoms with Gasteiger partial charge in [0.05, 0.1) is 0 Å².